The highest BCUT2D eigenvalue weighted by Crippen LogP contribution is 2.30. The first-order valence-corrected chi connectivity index (χ1v) is 10.8. The number of fused-ring (bicyclic) bond motifs is 4. The molecular formula is C25H25NO5. The zero-order chi connectivity index (χ0) is 21.5. The van der Waals surface area contributed by atoms with E-state index in [-0.39, 0.29) is 17.3 Å². The molecule has 2 aliphatic rings. The number of benzene rings is 2. The van der Waals surface area contributed by atoms with Crippen LogP contribution in [0.15, 0.2) is 45.6 Å². The molecule has 6 heteroatoms. The summed E-state index contributed by atoms with van der Waals surface area (Å²) >= 11 is 0. The second-order valence-corrected chi connectivity index (χ2v) is 8.43. The number of hydrogen-bond acceptors (Lipinski definition) is 5. The largest absolute Gasteiger partial charge is 0.508 e. The molecule has 1 N–H and O–H groups in total. The van der Waals surface area contributed by atoms with E-state index >= 15 is 0 Å². The maximum absolute atomic E-state index is 13.0. The maximum Gasteiger partial charge on any atom is 0.339 e. The van der Waals surface area contributed by atoms with Gasteiger partial charge in [0.25, 0.3) is 5.91 Å². The van der Waals surface area contributed by atoms with Gasteiger partial charge in [0, 0.05) is 30.1 Å². The van der Waals surface area contributed by atoms with Gasteiger partial charge in [-0.3, -0.25) is 4.79 Å². The van der Waals surface area contributed by atoms with E-state index < -0.39 is 6.10 Å². The molecule has 0 spiro atoms. The van der Waals surface area contributed by atoms with E-state index in [1.54, 1.807) is 30.0 Å². The van der Waals surface area contributed by atoms with Crippen LogP contribution >= 0.6 is 0 Å². The van der Waals surface area contributed by atoms with Crippen LogP contribution < -0.4 is 10.4 Å². The van der Waals surface area contributed by atoms with E-state index in [4.69, 9.17) is 9.15 Å². The molecule has 160 valence electrons. The summed E-state index contributed by atoms with van der Waals surface area (Å²) in [6, 6.07) is 10.8. The summed E-state index contributed by atoms with van der Waals surface area (Å²) < 4.78 is 11.5. The minimum Gasteiger partial charge on any atom is -0.508 e. The molecular weight excluding hydrogens is 394 g/mol. The molecule has 0 saturated carbocycles. The standard InChI is InChI=1S/C25H25NO5/c1-15(24(28)26-11-10-16-6-7-18(27)12-17(16)14-26)30-19-8-9-21-20-4-2-3-5-22(20)25(29)31-23(21)13-19/h6-9,12-13,15,27H,2-5,10-11,14H2,1H3. The molecule has 2 heterocycles. The average Bonchev–Trinajstić information content (AvgIpc) is 2.78. The summed E-state index contributed by atoms with van der Waals surface area (Å²) in [5.41, 5.74) is 4.24. The number of hydrogen-bond donors (Lipinski definition) is 1. The summed E-state index contributed by atoms with van der Waals surface area (Å²) in [6.07, 6.45) is 3.82. The van der Waals surface area contributed by atoms with Gasteiger partial charge in [0.05, 0.1) is 0 Å². The number of aromatic hydroxyl groups is 1. The van der Waals surface area contributed by atoms with Crippen molar-refractivity contribution < 1.29 is 19.1 Å². The summed E-state index contributed by atoms with van der Waals surface area (Å²) in [5, 5.41) is 10.7. The molecule has 1 aliphatic carbocycles. The number of carbonyl (C=O) groups excluding carboxylic acids is 1. The number of nitrogens with zero attached hydrogens (tertiary/aromatic N) is 1. The molecule has 0 radical (unpaired) electrons. The molecule has 31 heavy (non-hydrogen) atoms. The van der Waals surface area contributed by atoms with Gasteiger partial charge in [-0.2, -0.15) is 0 Å². The lowest BCUT2D eigenvalue weighted by Crippen LogP contribution is -2.43. The molecule has 1 aliphatic heterocycles. The molecule has 2 aromatic carbocycles. The highest BCUT2D eigenvalue weighted by molar-refractivity contribution is 5.84. The van der Waals surface area contributed by atoms with Crippen molar-refractivity contribution >= 4 is 16.9 Å². The first kappa shape index (κ1) is 19.7. The van der Waals surface area contributed by atoms with Gasteiger partial charge < -0.3 is 19.2 Å². The molecule has 1 unspecified atom stereocenters. The predicted octanol–water partition coefficient (Wildman–Crippen LogP) is 3.73. The lowest BCUT2D eigenvalue weighted by atomic mass is 9.91. The topological polar surface area (TPSA) is 80.0 Å². The Morgan fingerprint density at radius 1 is 1.06 bits per heavy atom. The van der Waals surface area contributed by atoms with Crippen molar-refractivity contribution in [2.24, 2.45) is 0 Å². The monoisotopic (exact) mass is 419 g/mol. The Kier molecular flexibility index (Phi) is 4.93. The second-order valence-electron chi connectivity index (χ2n) is 8.43. The lowest BCUT2D eigenvalue weighted by Gasteiger charge is -2.31. The highest BCUT2D eigenvalue weighted by atomic mass is 16.5. The fourth-order valence-electron chi connectivity index (χ4n) is 4.74. The zero-order valence-electron chi connectivity index (χ0n) is 17.5. The van der Waals surface area contributed by atoms with Crippen LogP contribution in [0.2, 0.25) is 0 Å². The van der Waals surface area contributed by atoms with Crippen LogP contribution in [0, 0.1) is 0 Å². The molecule has 3 aromatic rings. The van der Waals surface area contributed by atoms with Crippen LogP contribution in [-0.2, 0) is 30.6 Å². The quantitative estimate of drug-likeness (QED) is 0.655. The SMILES string of the molecule is CC(Oc1ccc2c3c(c(=O)oc2c1)CCCC3)C(=O)N1CCc2ccc(O)cc2C1. The van der Waals surface area contributed by atoms with Gasteiger partial charge >= 0.3 is 5.63 Å². The number of amides is 1. The van der Waals surface area contributed by atoms with Crippen LogP contribution in [0.5, 0.6) is 11.5 Å². The number of rotatable bonds is 3. The van der Waals surface area contributed by atoms with Crippen LogP contribution in [0.4, 0.5) is 0 Å². The predicted molar refractivity (Wildman–Crippen MR) is 116 cm³/mol. The smallest absolute Gasteiger partial charge is 0.339 e. The van der Waals surface area contributed by atoms with E-state index in [1.165, 1.54) is 0 Å². The highest BCUT2D eigenvalue weighted by Gasteiger charge is 2.26. The Bertz CT molecular complexity index is 1230. The Morgan fingerprint density at radius 2 is 1.87 bits per heavy atom. The summed E-state index contributed by atoms with van der Waals surface area (Å²) in [7, 11) is 0. The third kappa shape index (κ3) is 3.67. The van der Waals surface area contributed by atoms with E-state index in [1.807, 2.05) is 18.2 Å². The van der Waals surface area contributed by atoms with Gasteiger partial charge in [-0.15, -0.1) is 0 Å². The van der Waals surface area contributed by atoms with Crippen LogP contribution in [0.1, 0.15) is 42.0 Å². The first-order chi connectivity index (χ1) is 15.0. The van der Waals surface area contributed by atoms with Gasteiger partial charge in [0.15, 0.2) is 6.10 Å². The third-order valence-corrected chi connectivity index (χ3v) is 6.37. The van der Waals surface area contributed by atoms with Crippen LogP contribution in [-0.4, -0.2) is 28.6 Å². The minimum atomic E-state index is -0.680. The second kappa shape index (κ2) is 7.76. The van der Waals surface area contributed by atoms with Crippen molar-refractivity contribution in [2.45, 2.75) is 51.7 Å². The van der Waals surface area contributed by atoms with Crippen molar-refractivity contribution in [1.29, 1.82) is 0 Å². The van der Waals surface area contributed by atoms with Crippen molar-refractivity contribution in [3.8, 4) is 11.5 Å². The third-order valence-electron chi connectivity index (χ3n) is 6.37. The molecule has 1 aromatic heterocycles. The van der Waals surface area contributed by atoms with E-state index in [2.05, 4.69) is 0 Å². The molecule has 0 fully saturated rings. The van der Waals surface area contributed by atoms with Crippen molar-refractivity contribution in [3.63, 3.8) is 0 Å². The summed E-state index contributed by atoms with van der Waals surface area (Å²) in [6.45, 7) is 2.80. The van der Waals surface area contributed by atoms with Crippen molar-refractivity contribution in [3.05, 3.63) is 69.1 Å². The van der Waals surface area contributed by atoms with E-state index in [0.717, 1.165) is 59.7 Å². The van der Waals surface area contributed by atoms with Crippen LogP contribution in [0.3, 0.4) is 0 Å². The van der Waals surface area contributed by atoms with Crippen molar-refractivity contribution in [1.82, 2.24) is 4.90 Å². The Hall–Kier alpha value is -3.28. The molecule has 1 atom stereocenters. The normalized spacial score (nSPS) is 16.5. The van der Waals surface area contributed by atoms with Crippen LogP contribution in [0.25, 0.3) is 11.0 Å². The van der Waals surface area contributed by atoms with E-state index in [9.17, 15) is 14.7 Å². The Morgan fingerprint density at radius 3 is 2.71 bits per heavy atom. The number of phenolic OH excluding ortho intramolecular Hbond substituents is 1. The summed E-state index contributed by atoms with van der Waals surface area (Å²) in [5.74, 6) is 0.598. The Balaban J connectivity index is 1.35. The lowest BCUT2D eigenvalue weighted by molar-refractivity contribution is -0.138. The fourth-order valence-corrected chi connectivity index (χ4v) is 4.74. The first-order valence-electron chi connectivity index (χ1n) is 10.8. The maximum atomic E-state index is 13.0. The van der Waals surface area contributed by atoms with Gasteiger partial charge in [0.1, 0.15) is 17.1 Å². The van der Waals surface area contributed by atoms with Gasteiger partial charge in [-0.1, -0.05) is 6.07 Å². The van der Waals surface area contributed by atoms with Gasteiger partial charge in [-0.25, -0.2) is 4.79 Å². The molecule has 5 rings (SSSR count). The number of ether oxygens (including phenoxy) is 1. The minimum absolute atomic E-state index is 0.110. The number of aryl methyl sites for hydroxylation is 1. The fraction of sp³-hybridized carbons (Fsp3) is 0.360. The zero-order valence-corrected chi connectivity index (χ0v) is 17.5. The molecule has 0 bridgehead atoms. The number of phenols is 1. The number of carbonyl (C=O) groups is 1. The van der Waals surface area contributed by atoms with Crippen molar-refractivity contribution in [2.75, 3.05) is 6.54 Å². The molecule has 1 amide bonds. The average molecular weight is 419 g/mol. The van der Waals surface area contributed by atoms with Gasteiger partial charge in [0.2, 0.25) is 0 Å². The molecule has 0 saturated heterocycles. The summed E-state index contributed by atoms with van der Waals surface area (Å²) in [4.78, 5) is 27.1. The Labute approximate surface area is 180 Å². The van der Waals surface area contributed by atoms with E-state index in [0.29, 0.717) is 24.4 Å². The van der Waals surface area contributed by atoms with Gasteiger partial charge in [-0.05, 0) is 80.0 Å². The molecule has 6 nitrogen and oxygen atoms in total.